The molecule has 2 fully saturated rings. The molecule has 0 radical (unpaired) electrons. The van der Waals surface area contributed by atoms with Gasteiger partial charge in [-0.25, -0.2) is 0 Å². The lowest BCUT2D eigenvalue weighted by Gasteiger charge is -2.21. The SMILES string of the molecule is CO[C@H]1C(=Cc2c(O)n(-c3ccc(Cl)cc3)c(=S)[nH]c2=O)OC2OC(C)(C)OC21. The van der Waals surface area contributed by atoms with Crippen LogP contribution in [0.5, 0.6) is 5.88 Å². The normalized spacial score (nSPS) is 26.5. The molecule has 1 aromatic heterocycles. The molecule has 2 aromatic rings. The number of hydrogen-bond donors (Lipinski definition) is 2. The molecule has 0 bridgehead atoms. The van der Waals surface area contributed by atoms with E-state index in [1.54, 1.807) is 38.1 Å². The van der Waals surface area contributed by atoms with Crippen LogP contribution in [0, 0.1) is 4.77 Å². The standard InChI is InChI=1S/C19H19ClN2O6S/c1-19(2)27-14-13(25-3)12(26-17(14)28-19)8-11-15(23)21-18(29)22(16(11)24)10-6-4-9(20)5-7-10/h4-8,13-14,17,24H,1-3H3,(H,21,23,29)/t13-,14?,17?/m0/s1. The van der Waals surface area contributed by atoms with Crippen LogP contribution in [-0.4, -0.2) is 46.1 Å². The van der Waals surface area contributed by atoms with Gasteiger partial charge >= 0.3 is 0 Å². The molecule has 0 saturated carbocycles. The van der Waals surface area contributed by atoms with E-state index in [2.05, 4.69) is 4.98 Å². The van der Waals surface area contributed by atoms with E-state index in [1.165, 1.54) is 17.8 Å². The minimum Gasteiger partial charge on any atom is -0.494 e. The van der Waals surface area contributed by atoms with Crippen LogP contribution >= 0.6 is 23.8 Å². The van der Waals surface area contributed by atoms with E-state index in [4.69, 9.17) is 42.8 Å². The molecule has 2 aliphatic heterocycles. The number of H-pyrrole nitrogens is 1. The number of nitrogens with zero attached hydrogens (tertiary/aromatic N) is 1. The maximum Gasteiger partial charge on any atom is 0.262 e. The van der Waals surface area contributed by atoms with Crippen molar-refractivity contribution in [2.75, 3.05) is 7.11 Å². The third kappa shape index (κ3) is 3.60. The van der Waals surface area contributed by atoms with Gasteiger partial charge in [-0.3, -0.25) is 14.3 Å². The summed E-state index contributed by atoms with van der Waals surface area (Å²) in [6, 6.07) is 6.65. The Morgan fingerprint density at radius 1 is 1.31 bits per heavy atom. The average molecular weight is 439 g/mol. The monoisotopic (exact) mass is 438 g/mol. The van der Waals surface area contributed by atoms with Crippen LogP contribution in [0.25, 0.3) is 11.8 Å². The van der Waals surface area contributed by atoms with Crippen LogP contribution < -0.4 is 5.56 Å². The molecule has 0 amide bonds. The lowest BCUT2D eigenvalue weighted by Crippen LogP contribution is -2.30. The first-order valence-electron chi connectivity index (χ1n) is 8.81. The van der Waals surface area contributed by atoms with Gasteiger partial charge in [0.2, 0.25) is 12.2 Å². The fraction of sp³-hybridized carbons (Fsp3) is 0.368. The summed E-state index contributed by atoms with van der Waals surface area (Å²) >= 11 is 11.1. The molecule has 0 aliphatic carbocycles. The van der Waals surface area contributed by atoms with Crippen LogP contribution in [0.4, 0.5) is 0 Å². The van der Waals surface area contributed by atoms with Gasteiger partial charge in [0.25, 0.3) is 5.56 Å². The predicted octanol–water partition coefficient (Wildman–Crippen LogP) is 3.12. The second-order valence-electron chi connectivity index (χ2n) is 7.10. The van der Waals surface area contributed by atoms with Gasteiger partial charge in [-0.1, -0.05) is 11.6 Å². The molecule has 0 spiro atoms. The van der Waals surface area contributed by atoms with Crippen molar-refractivity contribution < 1.29 is 24.1 Å². The summed E-state index contributed by atoms with van der Waals surface area (Å²) in [6.45, 7) is 3.55. The summed E-state index contributed by atoms with van der Waals surface area (Å²) in [4.78, 5) is 15.1. The van der Waals surface area contributed by atoms with Gasteiger partial charge in [0.1, 0.15) is 17.4 Å². The zero-order valence-electron chi connectivity index (χ0n) is 15.8. The second-order valence-corrected chi connectivity index (χ2v) is 7.92. The molecule has 2 unspecified atom stereocenters. The van der Waals surface area contributed by atoms with Crippen LogP contribution in [-0.2, 0) is 18.9 Å². The summed E-state index contributed by atoms with van der Waals surface area (Å²) in [5.41, 5.74) is -0.0681. The fourth-order valence-corrected chi connectivity index (χ4v) is 3.83. The molecule has 29 heavy (non-hydrogen) atoms. The number of aromatic nitrogens is 2. The van der Waals surface area contributed by atoms with Crippen LogP contribution in [0.15, 0.2) is 34.8 Å². The molecule has 3 heterocycles. The average Bonchev–Trinajstić information content (AvgIpc) is 3.10. The topological polar surface area (TPSA) is 94.9 Å². The molecule has 2 saturated heterocycles. The summed E-state index contributed by atoms with van der Waals surface area (Å²) < 4.78 is 24.2. The molecular weight excluding hydrogens is 420 g/mol. The molecular formula is C19H19ClN2O6S. The highest BCUT2D eigenvalue weighted by Gasteiger charge is 2.53. The summed E-state index contributed by atoms with van der Waals surface area (Å²) in [7, 11) is 1.50. The van der Waals surface area contributed by atoms with E-state index in [0.717, 1.165) is 0 Å². The number of aromatic hydroxyl groups is 1. The van der Waals surface area contributed by atoms with Crippen LogP contribution in [0.3, 0.4) is 0 Å². The quantitative estimate of drug-likeness (QED) is 0.711. The van der Waals surface area contributed by atoms with E-state index in [9.17, 15) is 9.90 Å². The molecule has 10 heteroatoms. The lowest BCUT2D eigenvalue weighted by atomic mass is 10.1. The van der Waals surface area contributed by atoms with E-state index in [-0.39, 0.29) is 16.2 Å². The highest BCUT2D eigenvalue weighted by Crippen LogP contribution is 2.41. The molecule has 154 valence electrons. The van der Waals surface area contributed by atoms with Gasteiger partial charge < -0.3 is 24.1 Å². The van der Waals surface area contributed by atoms with Crippen molar-refractivity contribution in [3.63, 3.8) is 0 Å². The predicted molar refractivity (Wildman–Crippen MR) is 108 cm³/mol. The van der Waals surface area contributed by atoms with Gasteiger partial charge in [0.05, 0.1) is 5.69 Å². The minimum atomic E-state index is -0.807. The number of ether oxygens (including phenoxy) is 4. The van der Waals surface area contributed by atoms with Gasteiger partial charge in [0, 0.05) is 12.1 Å². The van der Waals surface area contributed by atoms with Crippen molar-refractivity contribution in [1.82, 2.24) is 9.55 Å². The Hall–Kier alpha value is -2.17. The Bertz CT molecular complexity index is 1090. The maximum atomic E-state index is 12.5. The molecule has 2 aliphatic rings. The van der Waals surface area contributed by atoms with Crippen molar-refractivity contribution in [3.8, 4) is 11.6 Å². The van der Waals surface area contributed by atoms with Crippen LogP contribution in [0.2, 0.25) is 5.02 Å². The Morgan fingerprint density at radius 2 is 2.00 bits per heavy atom. The molecule has 2 N–H and O–H groups in total. The Labute approximate surface area is 176 Å². The second kappa shape index (κ2) is 7.26. The number of fused-ring (bicyclic) bond motifs is 1. The van der Waals surface area contributed by atoms with Crippen molar-refractivity contribution in [3.05, 3.63) is 55.7 Å². The van der Waals surface area contributed by atoms with Crippen molar-refractivity contribution >= 4 is 29.9 Å². The van der Waals surface area contributed by atoms with E-state index >= 15 is 0 Å². The van der Waals surface area contributed by atoms with Crippen molar-refractivity contribution in [2.24, 2.45) is 0 Å². The molecule has 3 atom stereocenters. The van der Waals surface area contributed by atoms with Gasteiger partial charge in [-0.2, -0.15) is 0 Å². The highest BCUT2D eigenvalue weighted by atomic mass is 35.5. The van der Waals surface area contributed by atoms with E-state index < -0.39 is 29.8 Å². The first kappa shape index (κ1) is 20.1. The van der Waals surface area contributed by atoms with Crippen molar-refractivity contribution in [1.29, 1.82) is 0 Å². The largest absolute Gasteiger partial charge is 0.494 e. The van der Waals surface area contributed by atoms with Gasteiger partial charge in [0.15, 0.2) is 16.7 Å². The number of methoxy groups -OCH3 is 1. The van der Waals surface area contributed by atoms with Gasteiger partial charge in [-0.15, -0.1) is 0 Å². The third-order valence-corrected chi connectivity index (χ3v) is 5.20. The number of nitrogens with one attached hydrogen (secondary N) is 1. The summed E-state index contributed by atoms with van der Waals surface area (Å²) in [6.07, 6.45) is -0.373. The number of hydrogen-bond acceptors (Lipinski definition) is 7. The smallest absolute Gasteiger partial charge is 0.262 e. The lowest BCUT2D eigenvalue weighted by molar-refractivity contribution is -0.189. The first-order valence-corrected chi connectivity index (χ1v) is 9.60. The van der Waals surface area contributed by atoms with E-state index in [1.807, 2.05) is 0 Å². The number of halogens is 1. The van der Waals surface area contributed by atoms with Crippen LogP contribution in [0.1, 0.15) is 19.4 Å². The highest BCUT2D eigenvalue weighted by molar-refractivity contribution is 7.71. The zero-order valence-corrected chi connectivity index (χ0v) is 17.4. The zero-order chi connectivity index (χ0) is 20.9. The Balaban J connectivity index is 1.78. The number of rotatable bonds is 3. The third-order valence-electron chi connectivity index (χ3n) is 4.67. The fourth-order valence-electron chi connectivity index (χ4n) is 3.42. The molecule has 1 aromatic carbocycles. The minimum absolute atomic E-state index is 0.0372. The molecule has 4 rings (SSSR count). The van der Waals surface area contributed by atoms with Gasteiger partial charge in [-0.05, 0) is 56.4 Å². The maximum absolute atomic E-state index is 12.5. The van der Waals surface area contributed by atoms with E-state index in [0.29, 0.717) is 16.5 Å². The Kier molecular flexibility index (Phi) is 5.04. The molecule has 8 nitrogen and oxygen atoms in total. The summed E-state index contributed by atoms with van der Waals surface area (Å²) in [5, 5.41) is 11.3. The number of aromatic amines is 1. The Morgan fingerprint density at radius 3 is 2.66 bits per heavy atom. The van der Waals surface area contributed by atoms with Crippen molar-refractivity contribution in [2.45, 2.75) is 38.1 Å². The number of benzene rings is 1. The summed E-state index contributed by atoms with van der Waals surface area (Å²) in [5.74, 6) is -0.844. The first-order chi connectivity index (χ1) is 13.7.